The van der Waals surface area contributed by atoms with Crippen LogP contribution in [0.4, 0.5) is 0 Å². The van der Waals surface area contributed by atoms with E-state index in [2.05, 4.69) is 0 Å². The molecule has 1 N–H and O–H groups in total. The van der Waals surface area contributed by atoms with Gasteiger partial charge in [-0.25, -0.2) is 0 Å². The Bertz CT molecular complexity index is 277. The zero-order valence-corrected chi connectivity index (χ0v) is 9.22. The number of rotatable bonds is 3. The van der Waals surface area contributed by atoms with E-state index in [-0.39, 0.29) is 5.92 Å². The third-order valence-corrected chi connectivity index (χ3v) is 3.85. The van der Waals surface area contributed by atoms with Crippen LogP contribution in [0.25, 0.3) is 0 Å². The largest absolute Gasteiger partial charge is 0.385 e. The van der Waals surface area contributed by atoms with Gasteiger partial charge in [-0.3, -0.25) is 0 Å². The van der Waals surface area contributed by atoms with E-state index in [1.807, 2.05) is 23.8 Å². The van der Waals surface area contributed by atoms with E-state index in [1.165, 1.54) is 0 Å². The van der Waals surface area contributed by atoms with E-state index < -0.39 is 5.60 Å². The lowest BCUT2D eigenvalue weighted by atomic mass is 9.80. The minimum atomic E-state index is -0.670. The first-order valence-corrected chi connectivity index (χ1v) is 6.04. The van der Waals surface area contributed by atoms with Crippen LogP contribution in [0.1, 0.15) is 25.3 Å². The van der Waals surface area contributed by atoms with E-state index >= 15 is 0 Å². The molecule has 0 amide bonds. The summed E-state index contributed by atoms with van der Waals surface area (Å²) >= 11 is 1.64. The second kappa shape index (κ2) is 4.01. The summed E-state index contributed by atoms with van der Waals surface area (Å²) in [5.41, 5.74) is 0.386. The molecule has 2 unspecified atom stereocenters. The summed E-state index contributed by atoms with van der Waals surface area (Å²) < 4.78 is 5.35. The summed E-state index contributed by atoms with van der Waals surface area (Å²) in [6.07, 6.45) is 1.73. The van der Waals surface area contributed by atoms with Crippen LogP contribution >= 0.6 is 11.3 Å². The molecule has 1 saturated heterocycles. The first-order valence-electron chi connectivity index (χ1n) is 5.10. The van der Waals surface area contributed by atoms with Gasteiger partial charge in [-0.2, -0.15) is 11.3 Å². The van der Waals surface area contributed by atoms with E-state index in [1.54, 1.807) is 11.3 Å². The summed E-state index contributed by atoms with van der Waals surface area (Å²) in [6.45, 7) is 3.52. The smallest absolute Gasteiger partial charge is 0.0952 e. The average Bonchev–Trinajstić information content (AvgIpc) is 2.88. The Balaban J connectivity index is 2.24. The van der Waals surface area contributed by atoms with Gasteiger partial charge in [0.05, 0.1) is 12.2 Å². The minimum Gasteiger partial charge on any atom is -0.385 e. The Morgan fingerprint density at radius 1 is 1.71 bits per heavy atom. The normalized spacial score (nSPS) is 26.3. The number of hydrogen-bond donors (Lipinski definition) is 1. The molecule has 2 atom stereocenters. The highest BCUT2D eigenvalue weighted by Crippen LogP contribution is 2.38. The van der Waals surface area contributed by atoms with Crippen molar-refractivity contribution in [2.24, 2.45) is 5.92 Å². The SMILES string of the molecule is CCC(O)(c1ccsc1)C1CCOC1. The fraction of sp³-hybridized carbons (Fsp3) is 0.636. The molecule has 2 heterocycles. The summed E-state index contributed by atoms with van der Waals surface area (Å²) in [7, 11) is 0. The molecule has 0 spiro atoms. The molecule has 0 aromatic carbocycles. The van der Waals surface area contributed by atoms with Crippen LogP contribution in [-0.2, 0) is 10.3 Å². The van der Waals surface area contributed by atoms with Crippen molar-refractivity contribution < 1.29 is 9.84 Å². The van der Waals surface area contributed by atoms with Gasteiger partial charge in [-0.1, -0.05) is 6.92 Å². The molecule has 2 nitrogen and oxygen atoms in total. The van der Waals surface area contributed by atoms with Gasteiger partial charge in [0.15, 0.2) is 0 Å². The lowest BCUT2D eigenvalue weighted by molar-refractivity contribution is -0.0303. The zero-order chi connectivity index (χ0) is 10.0. The van der Waals surface area contributed by atoms with E-state index in [9.17, 15) is 5.11 Å². The number of aliphatic hydroxyl groups is 1. The van der Waals surface area contributed by atoms with Gasteiger partial charge in [0.25, 0.3) is 0 Å². The zero-order valence-electron chi connectivity index (χ0n) is 8.40. The second-order valence-corrected chi connectivity index (χ2v) is 4.63. The fourth-order valence-electron chi connectivity index (χ4n) is 2.15. The van der Waals surface area contributed by atoms with Crippen LogP contribution in [0.5, 0.6) is 0 Å². The topological polar surface area (TPSA) is 29.5 Å². The Kier molecular flexibility index (Phi) is 2.91. The Labute approximate surface area is 88.5 Å². The lowest BCUT2D eigenvalue weighted by Crippen LogP contribution is -2.34. The number of ether oxygens (including phenoxy) is 1. The molecule has 1 fully saturated rings. The summed E-state index contributed by atoms with van der Waals surface area (Å²) in [4.78, 5) is 0. The predicted molar refractivity (Wildman–Crippen MR) is 57.4 cm³/mol. The van der Waals surface area contributed by atoms with Gasteiger partial charge in [0, 0.05) is 12.5 Å². The first-order chi connectivity index (χ1) is 6.77. The summed E-state index contributed by atoms with van der Waals surface area (Å²) in [5, 5.41) is 14.7. The molecule has 78 valence electrons. The highest BCUT2D eigenvalue weighted by Gasteiger charge is 2.39. The van der Waals surface area contributed by atoms with Gasteiger partial charge in [0.1, 0.15) is 0 Å². The molecular formula is C11H16O2S. The van der Waals surface area contributed by atoms with E-state index in [0.29, 0.717) is 6.61 Å². The standard InChI is InChI=1S/C11H16O2S/c1-2-11(12,9-3-5-13-7-9)10-4-6-14-8-10/h4,6,8-9,12H,2-3,5,7H2,1H3. The van der Waals surface area contributed by atoms with E-state index in [4.69, 9.17) is 4.74 Å². The van der Waals surface area contributed by atoms with Gasteiger partial charge < -0.3 is 9.84 Å². The highest BCUT2D eigenvalue weighted by molar-refractivity contribution is 7.08. The van der Waals surface area contributed by atoms with Crippen LogP contribution in [0.3, 0.4) is 0 Å². The maximum atomic E-state index is 10.6. The van der Waals surface area contributed by atoms with Crippen molar-refractivity contribution in [2.75, 3.05) is 13.2 Å². The van der Waals surface area contributed by atoms with Gasteiger partial charge >= 0.3 is 0 Å². The average molecular weight is 212 g/mol. The van der Waals surface area contributed by atoms with Crippen LogP contribution in [-0.4, -0.2) is 18.3 Å². The maximum Gasteiger partial charge on any atom is 0.0952 e. The van der Waals surface area contributed by atoms with Crippen molar-refractivity contribution in [3.63, 3.8) is 0 Å². The summed E-state index contributed by atoms with van der Waals surface area (Å²) in [5.74, 6) is 0.266. The molecule has 2 rings (SSSR count). The first kappa shape index (κ1) is 10.1. The molecule has 1 aromatic heterocycles. The second-order valence-electron chi connectivity index (χ2n) is 3.85. The lowest BCUT2D eigenvalue weighted by Gasteiger charge is -2.31. The van der Waals surface area contributed by atoms with Crippen LogP contribution in [0, 0.1) is 5.92 Å². The molecule has 0 bridgehead atoms. The summed E-state index contributed by atoms with van der Waals surface area (Å²) in [6, 6.07) is 2.02. The molecule has 0 radical (unpaired) electrons. The Morgan fingerprint density at radius 2 is 2.57 bits per heavy atom. The minimum absolute atomic E-state index is 0.266. The van der Waals surface area contributed by atoms with Crippen molar-refractivity contribution >= 4 is 11.3 Å². The van der Waals surface area contributed by atoms with Crippen LogP contribution in [0.15, 0.2) is 16.8 Å². The van der Waals surface area contributed by atoms with Crippen molar-refractivity contribution in [3.8, 4) is 0 Å². The molecule has 3 heteroatoms. The van der Waals surface area contributed by atoms with Gasteiger partial charge in [-0.15, -0.1) is 0 Å². The van der Waals surface area contributed by atoms with Gasteiger partial charge in [-0.05, 0) is 35.2 Å². The predicted octanol–water partition coefficient (Wildman–Crippen LogP) is 2.38. The van der Waals surface area contributed by atoms with Crippen LogP contribution in [0.2, 0.25) is 0 Å². The monoisotopic (exact) mass is 212 g/mol. The maximum absolute atomic E-state index is 10.6. The molecule has 0 aliphatic carbocycles. The van der Waals surface area contributed by atoms with Crippen molar-refractivity contribution in [1.82, 2.24) is 0 Å². The quantitative estimate of drug-likeness (QED) is 0.833. The Hall–Kier alpha value is -0.380. The van der Waals surface area contributed by atoms with Crippen molar-refractivity contribution in [3.05, 3.63) is 22.4 Å². The Morgan fingerprint density at radius 3 is 3.07 bits per heavy atom. The molecule has 0 saturated carbocycles. The molecular weight excluding hydrogens is 196 g/mol. The van der Waals surface area contributed by atoms with Crippen LogP contribution < -0.4 is 0 Å². The fourth-order valence-corrected chi connectivity index (χ4v) is 2.88. The van der Waals surface area contributed by atoms with E-state index in [0.717, 1.165) is 25.0 Å². The number of hydrogen-bond acceptors (Lipinski definition) is 3. The van der Waals surface area contributed by atoms with Crippen molar-refractivity contribution in [2.45, 2.75) is 25.4 Å². The van der Waals surface area contributed by atoms with Gasteiger partial charge in [0.2, 0.25) is 0 Å². The molecule has 1 aromatic rings. The molecule has 1 aliphatic heterocycles. The molecule has 14 heavy (non-hydrogen) atoms. The molecule has 1 aliphatic rings. The third-order valence-electron chi connectivity index (χ3n) is 3.17. The van der Waals surface area contributed by atoms with Crippen molar-refractivity contribution in [1.29, 1.82) is 0 Å². The highest BCUT2D eigenvalue weighted by atomic mass is 32.1. The number of thiophene rings is 1. The third kappa shape index (κ3) is 1.60.